The molecular formula is C21H20BrN3O. The predicted molar refractivity (Wildman–Crippen MR) is 106 cm³/mol. The number of hydrogen-bond donors (Lipinski definition) is 1. The fraction of sp³-hybridized carbons (Fsp3) is 0.238. The maximum Gasteiger partial charge on any atom is 0.236 e. The Kier molecular flexibility index (Phi) is 4.64. The molecule has 0 spiro atoms. The molecule has 1 N–H and O–H groups in total. The minimum Gasteiger partial charge on any atom is -0.310 e. The van der Waals surface area contributed by atoms with Gasteiger partial charge in [-0.1, -0.05) is 64.8 Å². The molecule has 5 heteroatoms. The summed E-state index contributed by atoms with van der Waals surface area (Å²) in [7, 11) is 0. The molecule has 0 radical (unpaired) electrons. The zero-order chi connectivity index (χ0) is 18.0. The number of aromatic nitrogens is 2. The molecule has 0 atom stereocenters. The molecule has 1 amide bonds. The van der Waals surface area contributed by atoms with Crippen LogP contribution in [-0.4, -0.2) is 15.7 Å². The number of amides is 1. The molecule has 3 aromatic rings. The lowest BCUT2D eigenvalue weighted by atomic mass is 9.64. The van der Waals surface area contributed by atoms with E-state index in [1.807, 2.05) is 41.1 Å². The molecule has 0 aliphatic heterocycles. The molecule has 4 nitrogen and oxygen atoms in total. The van der Waals surface area contributed by atoms with Gasteiger partial charge in [-0.3, -0.25) is 4.79 Å². The highest BCUT2D eigenvalue weighted by Crippen LogP contribution is 2.44. The van der Waals surface area contributed by atoms with E-state index in [4.69, 9.17) is 0 Å². The summed E-state index contributed by atoms with van der Waals surface area (Å²) in [4.78, 5) is 13.1. The highest BCUT2D eigenvalue weighted by Gasteiger charge is 2.45. The number of hydrogen-bond acceptors (Lipinski definition) is 2. The zero-order valence-corrected chi connectivity index (χ0v) is 15.9. The molecule has 132 valence electrons. The van der Waals surface area contributed by atoms with Gasteiger partial charge in [0, 0.05) is 10.5 Å². The number of nitrogens with zero attached hydrogens (tertiary/aromatic N) is 2. The molecule has 2 aromatic carbocycles. The van der Waals surface area contributed by atoms with Gasteiger partial charge >= 0.3 is 0 Å². The van der Waals surface area contributed by atoms with Crippen LogP contribution in [0.3, 0.4) is 0 Å². The highest BCUT2D eigenvalue weighted by molar-refractivity contribution is 9.10. The Labute approximate surface area is 161 Å². The van der Waals surface area contributed by atoms with Crippen LogP contribution in [0.15, 0.2) is 71.3 Å². The maximum atomic E-state index is 13.1. The average Bonchev–Trinajstić information content (AvgIpc) is 3.04. The van der Waals surface area contributed by atoms with Crippen LogP contribution in [0.5, 0.6) is 0 Å². The third kappa shape index (κ3) is 3.19. The van der Waals surface area contributed by atoms with Crippen molar-refractivity contribution >= 4 is 27.7 Å². The summed E-state index contributed by atoms with van der Waals surface area (Å²) in [6, 6.07) is 20.1. The second-order valence-corrected chi connectivity index (χ2v) is 7.67. The van der Waals surface area contributed by atoms with Gasteiger partial charge in [0.05, 0.1) is 18.2 Å². The first-order valence-electron chi connectivity index (χ1n) is 8.81. The molecule has 4 rings (SSSR count). The third-order valence-electron chi connectivity index (χ3n) is 5.17. The van der Waals surface area contributed by atoms with Crippen LogP contribution in [0.2, 0.25) is 0 Å². The molecule has 1 fully saturated rings. The van der Waals surface area contributed by atoms with E-state index < -0.39 is 5.41 Å². The predicted octanol–water partition coefficient (Wildman–Crippen LogP) is 4.75. The third-order valence-corrected chi connectivity index (χ3v) is 5.70. The number of rotatable bonds is 5. The second-order valence-electron chi connectivity index (χ2n) is 6.76. The standard InChI is InChI=1S/C21H20BrN3O/c22-18-9-7-16(8-10-18)15-25-19(11-14-23-25)24-20(26)21(12-4-13-21)17-5-2-1-3-6-17/h1-3,5-11,14H,4,12-13,15H2,(H,24,26). The molecule has 0 bridgehead atoms. The van der Waals surface area contributed by atoms with Crippen molar-refractivity contribution in [3.05, 3.63) is 82.5 Å². The summed E-state index contributed by atoms with van der Waals surface area (Å²) in [5.41, 5.74) is 1.82. The first kappa shape index (κ1) is 17.0. The Morgan fingerprint density at radius 1 is 1.08 bits per heavy atom. The molecule has 26 heavy (non-hydrogen) atoms. The lowest BCUT2D eigenvalue weighted by Gasteiger charge is -2.40. The molecule has 1 heterocycles. The Bertz CT molecular complexity index is 899. The van der Waals surface area contributed by atoms with Gasteiger partial charge in [-0.05, 0) is 36.1 Å². The number of nitrogens with one attached hydrogen (secondary N) is 1. The van der Waals surface area contributed by atoms with Crippen molar-refractivity contribution in [1.82, 2.24) is 9.78 Å². The van der Waals surface area contributed by atoms with Crippen LogP contribution in [0.4, 0.5) is 5.82 Å². The van der Waals surface area contributed by atoms with E-state index in [1.54, 1.807) is 6.20 Å². The van der Waals surface area contributed by atoms with Crippen molar-refractivity contribution in [3.63, 3.8) is 0 Å². The minimum atomic E-state index is -0.409. The SMILES string of the molecule is O=C(Nc1ccnn1Cc1ccc(Br)cc1)C1(c2ccccc2)CCC1. The van der Waals surface area contributed by atoms with Gasteiger partial charge in [-0.15, -0.1) is 0 Å². The fourth-order valence-electron chi connectivity index (χ4n) is 3.50. The van der Waals surface area contributed by atoms with E-state index >= 15 is 0 Å². The molecule has 0 saturated heterocycles. The first-order valence-corrected chi connectivity index (χ1v) is 9.60. The Morgan fingerprint density at radius 3 is 2.46 bits per heavy atom. The highest BCUT2D eigenvalue weighted by atomic mass is 79.9. The largest absolute Gasteiger partial charge is 0.310 e. The summed E-state index contributed by atoms with van der Waals surface area (Å²) in [5.74, 6) is 0.799. The zero-order valence-electron chi connectivity index (χ0n) is 14.4. The summed E-state index contributed by atoms with van der Waals surface area (Å²) < 4.78 is 2.88. The van der Waals surface area contributed by atoms with Crippen LogP contribution in [0, 0.1) is 0 Å². The number of halogens is 1. The van der Waals surface area contributed by atoms with Gasteiger partial charge in [0.2, 0.25) is 5.91 Å². The van der Waals surface area contributed by atoms with Crippen molar-refractivity contribution in [3.8, 4) is 0 Å². The summed E-state index contributed by atoms with van der Waals surface area (Å²) >= 11 is 3.45. The molecule has 0 unspecified atom stereocenters. The van der Waals surface area contributed by atoms with Crippen molar-refractivity contribution < 1.29 is 4.79 Å². The lowest BCUT2D eigenvalue weighted by Crippen LogP contribution is -2.46. The smallest absolute Gasteiger partial charge is 0.236 e. The number of carbonyl (C=O) groups is 1. The number of carbonyl (C=O) groups excluding carboxylic acids is 1. The number of benzene rings is 2. The van der Waals surface area contributed by atoms with Crippen LogP contribution in [0.25, 0.3) is 0 Å². The fourth-order valence-corrected chi connectivity index (χ4v) is 3.76. The Hall–Kier alpha value is -2.40. The minimum absolute atomic E-state index is 0.0625. The lowest BCUT2D eigenvalue weighted by molar-refractivity contribution is -0.124. The van der Waals surface area contributed by atoms with Crippen LogP contribution < -0.4 is 5.32 Å². The van der Waals surface area contributed by atoms with Crippen molar-refractivity contribution in [2.24, 2.45) is 0 Å². The first-order chi connectivity index (χ1) is 12.7. The molecule has 1 aliphatic carbocycles. The van der Waals surface area contributed by atoms with Crippen molar-refractivity contribution in [1.29, 1.82) is 0 Å². The van der Waals surface area contributed by atoms with Crippen LogP contribution >= 0.6 is 15.9 Å². The molecule has 1 saturated carbocycles. The number of anilines is 1. The van der Waals surface area contributed by atoms with Crippen LogP contribution in [-0.2, 0) is 16.8 Å². The van der Waals surface area contributed by atoms with Gasteiger partial charge in [0.25, 0.3) is 0 Å². The summed E-state index contributed by atoms with van der Waals surface area (Å²) in [5, 5.41) is 7.49. The van der Waals surface area contributed by atoms with E-state index in [1.165, 1.54) is 0 Å². The normalized spacial score (nSPS) is 15.3. The Morgan fingerprint density at radius 2 is 1.81 bits per heavy atom. The van der Waals surface area contributed by atoms with Gasteiger partial charge in [-0.2, -0.15) is 5.10 Å². The van der Waals surface area contributed by atoms with E-state index in [2.05, 4.69) is 50.6 Å². The van der Waals surface area contributed by atoms with Gasteiger partial charge in [0.1, 0.15) is 5.82 Å². The van der Waals surface area contributed by atoms with Crippen LogP contribution in [0.1, 0.15) is 30.4 Å². The Balaban J connectivity index is 1.53. The van der Waals surface area contributed by atoms with E-state index in [9.17, 15) is 4.79 Å². The molecular weight excluding hydrogens is 390 g/mol. The van der Waals surface area contributed by atoms with Gasteiger partial charge < -0.3 is 5.32 Å². The van der Waals surface area contributed by atoms with Crippen molar-refractivity contribution in [2.45, 2.75) is 31.2 Å². The van der Waals surface area contributed by atoms with E-state index in [-0.39, 0.29) is 5.91 Å². The topological polar surface area (TPSA) is 46.9 Å². The van der Waals surface area contributed by atoms with E-state index in [0.29, 0.717) is 6.54 Å². The van der Waals surface area contributed by atoms with Crippen molar-refractivity contribution in [2.75, 3.05) is 5.32 Å². The van der Waals surface area contributed by atoms with Gasteiger partial charge in [0.15, 0.2) is 0 Å². The second kappa shape index (κ2) is 7.08. The molecule has 1 aromatic heterocycles. The summed E-state index contributed by atoms with van der Waals surface area (Å²) in [6.07, 6.45) is 4.60. The summed E-state index contributed by atoms with van der Waals surface area (Å²) in [6.45, 7) is 0.619. The monoisotopic (exact) mass is 409 g/mol. The maximum absolute atomic E-state index is 13.1. The molecule has 1 aliphatic rings. The van der Waals surface area contributed by atoms with E-state index in [0.717, 1.165) is 40.7 Å². The average molecular weight is 410 g/mol. The quantitative estimate of drug-likeness (QED) is 0.660. The van der Waals surface area contributed by atoms with Gasteiger partial charge in [-0.25, -0.2) is 4.68 Å².